The number of aromatic hydroxyl groups is 1. The lowest BCUT2D eigenvalue weighted by Gasteiger charge is -2.29. The summed E-state index contributed by atoms with van der Waals surface area (Å²) in [4.78, 5) is 57.2. The number of guanidine groups is 1. The van der Waals surface area contributed by atoms with Crippen LogP contribution < -0.4 is 27.8 Å². The second-order valence-corrected chi connectivity index (χ2v) is 10.3. The van der Waals surface area contributed by atoms with Crippen molar-refractivity contribution in [3.05, 3.63) is 65.7 Å². The van der Waals surface area contributed by atoms with Crippen molar-refractivity contribution in [2.45, 2.75) is 62.7 Å². The first-order valence-corrected chi connectivity index (χ1v) is 13.8. The number of carboxylic acid groups (broad SMARTS) is 1. The molecule has 42 heavy (non-hydrogen) atoms. The zero-order valence-electron chi connectivity index (χ0n) is 23.3. The largest absolute Gasteiger partial charge is 0.508 e. The molecule has 0 radical (unpaired) electrons. The summed E-state index contributed by atoms with van der Waals surface area (Å²) in [5.74, 6) is -2.92. The van der Waals surface area contributed by atoms with E-state index in [1.54, 1.807) is 12.1 Å². The molecular weight excluding hydrogens is 542 g/mol. The first-order valence-electron chi connectivity index (χ1n) is 13.8. The van der Waals surface area contributed by atoms with Crippen molar-refractivity contribution in [1.82, 2.24) is 15.5 Å². The first-order chi connectivity index (χ1) is 20.0. The number of carbonyl (C=O) groups is 4. The van der Waals surface area contributed by atoms with Gasteiger partial charge in [-0.05, 0) is 55.4 Å². The first kappa shape index (κ1) is 31.9. The van der Waals surface area contributed by atoms with Gasteiger partial charge >= 0.3 is 5.97 Å². The van der Waals surface area contributed by atoms with Gasteiger partial charge in [-0.25, -0.2) is 4.79 Å². The van der Waals surface area contributed by atoms with Crippen molar-refractivity contribution in [3.63, 3.8) is 0 Å². The number of aliphatic carboxylic acids is 1. The van der Waals surface area contributed by atoms with E-state index in [9.17, 15) is 29.4 Å². The van der Waals surface area contributed by atoms with Crippen LogP contribution >= 0.6 is 0 Å². The van der Waals surface area contributed by atoms with E-state index in [0.717, 1.165) is 5.56 Å². The minimum Gasteiger partial charge on any atom is -0.508 e. The molecule has 10 N–H and O–H groups in total. The van der Waals surface area contributed by atoms with Gasteiger partial charge in [0, 0.05) is 19.5 Å². The third kappa shape index (κ3) is 9.47. The summed E-state index contributed by atoms with van der Waals surface area (Å²) in [5.41, 5.74) is 18.5. The minimum atomic E-state index is -1.12. The van der Waals surface area contributed by atoms with E-state index in [2.05, 4.69) is 15.6 Å². The van der Waals surface area contributed by atoms with Gasteiger partial charge in [-0.15, -0.1) is 0 Å². The van der Waals surface area contributed by atoms with Crippen molar-refractivity contribution in [2.75, 3.05) is 13.1 Å². The molecule has 1 aliphatic heterocycles. The number of nitrogens with one attached hydrogen (secondary N) is 2. The van der Waals surface area contributed by atoms with Gasteiger partial charge in [0.15, 0.2) is 5.96 Å². The molecule has 0 aromatic heterocycles. The average molecular weight is 582 g/mol. The summed E-state index contributed by atoms with van der Waals surface area (Å²) >= 11 is 0. The number of rotatable bonds is 14. The molecule has 2 aromatic carbocycles. The zero-order chi connectivity index (χ0) is 30.6. The van der Waals surface area contributed by atoms with Gasteiger partial charge in [0.05, 0.1) is 6.04 Å². The Bertz CT molecular complexity index is 1250. The maximum absolute atomic E-state index is 13.6. The summed E-state index contributed by atoms with van der Waals surface area (Å²) in [5, 5.41) is 24.7. The Balaban J connectivity index is 1.80. The highest BCUT2D eigenvalue weighted by molar-refractivity contribution is 5.94. The number of amides is 3. The lowest BCUT2D eigenvalue weighted by molar-refractivity contribution is -0.149. The molecule has 0 spiro atoms. The molecule has 4 atom stereocenters. The van der Waals surface area contributed by atoms with Crippen LogP contribution in [-0.2, 0) is 32.0 Å². The maximum atomic E-state index is 13.6. The van der Waals surface area contributed by atoms with Gasteiger partial charge in [0.2, 0.25) is 17.7 Å². The molecule has 1 fully saturated rings. The van der Waals surface area contributed by atoms with Gasteiger partial charge in [0.1, 0.15) is 23.9 Å². The SMILES string of the molecule is NC(N)=NCCCC(NC(=O)C(Cc1ccc(O)cc1)NC(=O)C(N)Cc1ccccc1)C(=O)N1CCCC1C(=O)O. The number of aliphatic imine (C=N–C) groups is 1. The fourth-order valence-corrected chi connectivity index (χ4v) is 4.84. The highest BCUT2D eigenvalue weighted by Gasteiger charge is 2.38. The van der Waals surface area contributed by atoms with Crippen LogP contribution in [0.5, 0.6) is 5.75 Å². The van der Waals surface area contributed by atoms with Crippen LogP contribution in [0.25, 0.3) is 0 Å². The summed E-state index contributed by atoms with van der Waals surface area (Å²) in [7, 11) is 0. The number of phenols is 1. The lowest BCUT2D eigenvalue weighted by Crippen LogP contribution is -2.57. The highest BCUT2D eigenvalue weighted by atomic mass is 16.4. The number of nitrogens with zero attached hydrogens (tertiary/aromatic N) is 2. The fraction of sp³-hybridized carbons (Fsp3) is 0.414. The Morgan fingerprint density at radius 3 is 2.21 bits per heavy atom. The fourth-order valence-electron chi connectivity index (χ4n) is 4.84. The van der Waals surface area contributed by atoms with Crippen LogP contribution in [0.1, 0.15) is 36.8 Å². The number of carbonyl (C=O) groups excluding carboxylic acids is 3. The lowest BCUT2D eigenvalue weighted by atomic mass is 10.0. The molecule has 226 valence electrons. The van der Waals surface area contributed by atoms with Crippen molar-refractivity contribution in [2.24, 2.45) is 22.2 Å². The standard InChI is InChI=1S/C29H39N7O6/c30-21(16-18-6-2-1-3-7-18)25(38)35-23(17-19-10-12-20(37)13-11-19)26(39)34-22(8-4-14-33-29(31)32)27(40)36-15-5-9-24(36)28(41)42/h1-3,6-7,10-13,21-24,37H,4-5,8-9,14-17,30H2,(H,34,39)(H,35,38)(H,41,42)(H4,31,32,33). The van der Waals surface area contributed by atoms with E-state index in [0.29, 0.717) is 24.8 Å². The quantitative estimate of drug-likeness (QED) is 0.0874. The normalized spacial score (nSPS) is 16.6. The Morgan fingerprint density at radius 1 is 0.929 bits per heavy atom. The van der Waals surface area contributed by atoms with Crippen LogP contribution in [-0.4, -0.2) is 82.0 Å². The second kappa shape index (κ2) is 15.4. The second-order valence-electron chi connectivity index (χ2n) is 10.3. The van der Waals surface area contributed by atoms with Crippen molar-refractivity contribution < 1.29 is 29.4 Å². The highest BCUT2D eigenvalue weighted by Crippen LogP contribution is 2.20. The van der Waals surface area contributed by atoms with Crippen molar-refractivity contribution in [3.8, 4) is 5.75 Å². The molecule has 1 heterocycles. The predicted octanol–water partition coefficient (Wildman–Crippen LogP) is -0.396. The third-order valence-electron chi connectivity index (χ3n) is 7.03. The maximum Gasteiger partial charge on any atom is 0.326 e. The Morgan fingerprint density at radius 2 is 1.57 bits per heavy atom. The molecule has 0 saturated carbocycles. The number of phenolic OH excluding ortho intramolecular Hbond substituents is 1. The summed E-state index contributed by atoms with van der Waals surface area (Å²) < 4.78 is 0. The molecule has 3 rings (SSSR count). The molecular formula is C29H39N7O6. The summed E-state index contributed by atoms with van der Waals surface area (Å²) in [6.45, 7) is 0.449. The van der Waals surface area contributed by atoms with Crippen LogP contribution in [0.2, 0.25) is 0 Å². The van der Waals surface area contributed by atoms with Gasteiger partial charge in [-0.2, -0.15) is 0 Å². The van der Waals surface area contributed by atoms with Crippen LogP contribution in [0.15, 0.2) is 59.6 Å². The summed E-state index contributed by atoms with van der Waals surface area (Å²) in [6, 6.07) is 11.2. The molecule has 13 heteroatoms. The molecule has 1 saturated heterocycles. The van der Waals surface area contributed by atoms with E-state index in [4.69, 9.17) is 17.2 Å². The number of carboxylic acids is 1. The molecule has 2 aromatic rings. The number of likely N-dealkylation sites (tertiary alicyclic amines) is 1. The van der Waals surface area contributed by atoms with Crippen LogP contribution in [0, 0.1) is 0 Å². The Kier molecular flexibility index (Phi) is 11.7. The average Bonchev–Trinajstić information content (AvgIpc) is 3.46. The third-order valence-corrected chi connectivity index (χ3v) is 7.03. The molecule has 4 unspecified atom stereocenters. The smallest absolute Gasteiger partial charge is 0.326 e. The topological polar surface area (TPSA) is 226 Å². The van der Waals surface area contributed by atoms with Crippen LogP contribution in [0.4, 0.5) is 0 Å². The zero-order valence-corrected chi connectivity index (χ0v) is 23.3. The minimum absolute atomic E-state index is 0.0405. The van der Waals surface area contributed by atoms with Gasteiger partial charge < -0.3 is 42.9 Å². The Labute approximate surface area is 244 Å². The number of nitrogens with two attached hydrogens (primary N) is 3. The predicted molar refractivity (Wildman–Crippen MR) is 156 cm³/mol. The van der Waals surface area contributed by atoms with Gasteiger partial charge in [-0.1, -0.05) is 42.5 Å². The Hall–Kier alpha value is -4.65. The molecule has 1 aliphatic rings. The molecule has 3 amide bonds. The van der Waals surface area contributed by atoms with Crippen molar-refractivity contribution in [1.29, 1.82) is 0 Å². The number of hydrogen-bond acceptors (Lipinski definition) is 7. The monoisotopic (exact) mass is 581 g/mol. The van der Waals surface area contributed by atoms with E-state index in [-0.39, 0.29) is 44.1 Å². The summed E-state index contributed by atoms with van der Waals surface area (Å²) in [6.07, 6.45) is 1.60. The molecule has 0 aliphatic carbocycles. The van der Waals surface area contributed by atoms with Crippen molar-refractivity contribution >= 4 is 29.7 Å². The van der Waals surface area contributed by atoms with Gasteiger partial charge in [0.25, 0.3) is 0 Å². The number of benzene rings is 2. The van der Waals surface area contributed by atoms with Gasteiger partial charge in [-0.3, -0.25) is 19.4 Å². The van der Waals surface area contributed by atoms with E-state index >= 15 is 0 Å². The van der Waals surface area contributed by atoms with E-state index in [1.165, 1.54) is 17.0 Å². The molecule has 0 bridgehead atoms. The van der Waals surface area contributed by atoms with Crippen LogP contribution in [0.3, 0.4) is 0 Å². The van der Waals surface area contributed by atoms with E-state index in [1.807, 2.05) is 30.3 Å². The molecule has 13 nitrogen and oxygen atoms in total. The van der Waals surface area contributed by atoms with E-state index < -0.39 is 47.9 Å². The number of hydrogen-bond donors (Lipinski definition) is 7.